The van der Waals surface area contributed by atoms with Crippen molar-refractivity contribution in [3.63, 3.8) is 0 Å². The molecule has 3 aromatic rings. The van der Waals surface area contributed by atoms with Crippen molar-refractivity contribution in [2.45, 2.75) is 38.8 Å². The molecule has 2 unspecified atom stereocenters. The number of nitrogens with one attached hydrogen (secondary N) is 1. The highest BCUT2D eigenvalue weighted by Crippen LogP contribution is 2.32. The van der Waals surface area contributed by atoms with Crippen LogP contribution in [0.5, 0.6) is 0 Å². The average molecular weight is 358 g/mol. The molecule has 1 aromatic heterocycles. The zero-order chi connectivity index (χ0) is 16.7. The highest BCUT2D eigenvalue weighted by atomic mass is 35.5. The van der Waals surface area contributed by atoms with E-state index >= 15 is 0 Å². The van der Waals surface area contributed by atoms with Gasteiger partial charge in [-0.2, -0.15) is 0 Å². The number of carbonyl (C=O) groups excluding carboxylic acids is 1. The van der Waals surface area contributed by atoms with Crippen LogP contribution in [0.1, 0.15) is 26.2 Å². The number of amides is 1. The van der Waals surface area contributed by atoms with Gasteiger partial charge in [-0.15, -0.1) is 12.4 Å². The molecular weight excluding hydrogens is 334 g/mol. The van der Waals surface area contributed by atoms with Crippen molar-refractivity contribution >= 4 is 45.8 Å². The van der Waals surface area contributed by atoms with Gasteiger partial charge < -0.3 is 15.6 Å². The normalized spacial score (nSPS) is 19.9. The zero-order valence-electron chi connectivity index (χ0n) is 14.4. The predicted molar refractivity (Wildman–Crippen MR) is 106 cm³/mol. The predicted octanol–water partition coefficient (Wildman–Crippen LogP) is 4.30. The van der Waals surface area contributed by atoms with Crippen LogP contribution in [0.4, 0.5) is 5.69 Å². The number of nitrogens with zero attached hydrogens (tertiary/aromatic N) is 1. The molecule has 0 saturated heterocycles. The number of aromatic nitrogens is 1. The number of hydrogen-bond donors (Lipinski definition) is 2. The van der Waals surface area contributed by atoms with Gasteiger partial charge in [0.05, 0.1) is 0 Å². The molecule has 132 valence electrons. The molecule has 5 heteroatoms. The first-order chi connectivity index (χ1) is 11.7. The summed E-state index contributed by atoms with van der Waals surface area (Å²) in [4.78, 5) is 12.4. The number of rotatable bonds is 3. The first kappa shape index (κ1) is 17.8. The molecule has 0 radical (unpaired) electrons. The van der Waals surface area contributed by atoms with Crippen molar-refractivity contribution < 1.29 is 4.79 Å². The summed E-state index contributed by atoms with van der Waals surface area (Å²) in [7, 11) is 0. The fourth-order valence-corrected chi connectivity index (χ4v) is 3.97. The summed E-state index contributed by atoms with van der Waals surface area (Å²) in [6, 6.07) is 14.8. The van der Waals surface area contributed by atoms with Gasteiger partial charge in [-0.05, 0) is 50.5 Å². The Bertz CT molecular complexity index is 918. The standard InChI is InChI=1S/C20H23N3O.ClH/c1-2-23-18-6-4-3-5-16(18)17-12-15(9-10-19(17)23)22-20(24)13-7-8-14(21)11-13;/h3-6,9-10,12-14H,2,7-8,11,21H2,1H3,(H,22,24);1H. The van der Waals surface area contributed by atoms with Crippen molar-refractivity contribution in [1.29, 1.82) is 0 Å². The van der Waals surface area contributed by atoms with Crippen LogP contribution in [-0.2, 0) is 11.3 Å². The number of hydrogen-bond acceptors (Lipinski definition) is 2. The minimum absolute atomic E-state index is 0. The third kappa shape index (κ3) is 3.12. The van der Waals surface area contributed by atoms with Crippen LogP contribution in [-0.4, -0.2) is 16.5 Å². The number of benzene rings is 2. The van der Waals surface area contributed by atoms with E-state index in [4.69, 9.17) is 5.73 Å². The van der Waals surface area contributed by atoms with Gasteiger partial charge in [0, 0.05) is 46.0 Å². The van der Waals surface area contributed by atoms with Crippen molar-refractivity contribution in [2.24, 2.45) is 11.7 Å². The smallest absolute Gasteiger partial charge is 0.227 e. The van der Waals surface area contributed by atoms with E-state index in [1.807, 2.05) is 6.07 Å². The molecule has 1 heterocycles. The summed E-state index contributed by atoms with van der Waals surface area (Å²) in [5.74, 6) is 0.147. The lowest BCUT2D eigenvalue weighted by atomic mass is 10.1. The summed E-state index contributed by atoms with van der Waals surface area (Å²) >= 11 is 0. The second-order valence-corrected chi connectivity index (χ2v) is 6.75. The Balaban J connectivity index is 0.00000182. The van der Waals surface area contributed by atoms with Gasteiger partial charge in [0.2, 0.25) is 5.91 Å². The fourth-order valence-electron chi connectivity index (χ4n) is 3.97. The summed E-state index contributed by atoms with van der Waals surface area (Å²) < 4.78 is 2.31. The van der Waals surface area contributed by atoms with E-state index in [2.05, 4.69) is 53.2 Å². The van der Waals surface area contributed by atoms with Gasteiger partial charge in [0.25, 0.3) is 0 Å². The van der Waals surface area contributed by atoms with Crippen LogP contribution in [0.15, 0.2) is 42.5 Å². The lowest BCUT2D eigenvalue weighted by molar-refractivity contribution is -0.119. The number of para-hydroxylation sites is 1. The number of carbonyl (C=O) groups is 1. The second-order valence-electron chi connectivity index (χ2n) is 6.75. The molecule has 3 N–H and O–H groups in total. The molecule has 1 fully saturated rings. The lowest BCUT2D eigenvalue weighted by Gasteiger charge is -2.11. The highest BCUT2D eigenvalue weighted by molar-refractivity contribution is 6.09. The van der Waals surface area contributed by atoms with Gasteiger partial charge >= 0.3 is 0 Å². The molecule has 2 aromatic carbocycles. The molecule has 1 amide bonds. The van der Waals surface area contributed by atoms with E-state index < -0.39 is 0 Å². The summed E-state index contributed by atoms with van der Waals surface area (Å²) in [5, 5.41) is 5.50. The molecule has 4 nitrogen and oxygen atoms in total. The SMILES string of the molecule is CCn1c2ccccc2c2cc(NC(=O)C3CCC(N)C3)ccc21.Cl. The quantitative estimate of drug-likeness (QED) is 0.734. The van der Waals surface area contributed by atoms with Gasteiger partial charge in [-0.1, -0.05) is 18.2 Å². The van der Waals surface area contributed by atoms with Gasteiger partial charge in [0.1, 0.15) is 0 Å². The largest absolute Gasteiger partial charge is 0.341 e. The lowest BCUT2D eigenvalue weighted by Crippen LogP contribution is -2.23. The second kappa shape index (κ2) is 7.06. The number of nitrogens with two attached hydrogens (primary N) is 1. The molecule has 0 aliphatic heterocycles. The van der Waals surface area contributed by atoms with Crippen molar-refractivity contribution in [2.75, 3.05) is 5.32 Å². The van der Waals surface area contributed by atoms with E-state index in [1.54, 1.807) is 0 Å². The number of halogens is 1. The molecule has 1 aliphatic rings. The summed E-state index contributed by atoms with van der Waals surface area (Å²) in [6.45, 7) is 3.08. The van der Waals surface area contributed by atoms with E-state index in [9.17, 15) is 4.79 Å². The Morgan fingerprint density at radius 3 is 2.64 bits per heavy atom. The molecule has 2 atom stereocenters. The Morgan fingerprint density at radius 1 is 1.16 bits per heavy atom. The molecule has 4 rings (SSSR count). The average Bonchev–Trinajstić information content (AvgIpc) is 3.16. The summed E-state index contributed by atoms with van der Waals surface area (Å²) in [6.07, 6.45) is 2.63. The van der Waals surface area contributed by atoms with Gasteiger partial charge in [0.15, 0.2) is 0 Å². The van der Waals surface area contributed by atoms with Crippen molar-refractivity contribution in [3.8, 4) is 0 Å². The first-order valence-corrected chi connectivity index (χ1v) is 8.75. The van der Waals surface area contributed by atoms with Crippen molar-refractivity contribution in [3.05, 3.63) is 42.5 Å². The molecule has 1 saturated carbocycles. The minimum Gasteiger partial charge on any atom is -0.341 e. The first-order valence-electron chi connectivity index (χ1n) is 8.75. The van der Waals surface area contributed by atoms with Crippen LogP contribution >= 0.6 is 12.4 Å². The molecule has 0 spiro atoms. The van der Waals surface area contributed by atoms with Crippen molar-refractivity contribution in [1.82, 2.24) is 4.57 Å². The summed E-state index contributed by atoms with van der Waals surface area (Å²) in [5.41, 5.74) is 9.24. The highest BCUT2D eigenvalue weighted by Gasteiger charge is 2.27. The number of aryl methyl sites for hydroxylation is 1. The van der Waals surface area contributed by atoms with Crippen LogP contribution in [0.2, 0.25) is 0 Å². The molecular formula is C20H24ClN3O. The van der Waals surface area contributed by atoms with Crippen LogP contribution in [0.25, 0.3) is 21.8 Å². The van der Waals surface area contributed by atoms with Crippen LogP contribution < -0.4 is 11.1 Å². The topological polar surface area (TPSA) is 60.0 Å². The fraction of sp³-hybridized carbons (Fsp3) is 0.350. The Labute approximate surface area is 153 Å². The van der Waals surface area contributed by atoms with Crippen LogP contribution in [0, 0.1) is 5.92 Å². The molecule has 25 heavy (non-hydrogen) atoms. The van der Waals surface area contributed by atoms with E-state index in [1.165, 1.54) is 21.8 Å². The maximum atomic E-state index is 12.4. The zero-order valence-corrected chi connectivity index (χ0v) is 15.2. The number of anilines is 1. The Morgan fingerprint density at radius 2 is 1.92 bits per heavy atom. The third-order valence-electron chi connectivity index (χ3n) is 5.20. The molecule has 0 bridgehead atoms. The minimum atomic E-state index is 0. The Kier molecular flexibility index (Phi) is 5.02. The van der Waals surface area contributed by atoms with Gasteiger partial charge in [-0.25, -0.2) is 0 Å². The van der Waals surface area contributed by atoms with E-state index in [0.29, 0.717) is 0 Å². The molecule has 1 aliphatic carbocycles. The monoisotopic (exact) mass is 357 g/mol. The van der Waals surface area contributed by atoms with Gasteiger partial charge in [-0.3, -0.25) is 4.79 Å². The maximum absolute atomic E-state index is 12.4. The maximum Gasteiger partial charge on any atom is 0.227 e. The Hall–Kier alpha value is -2.04. The van der Waals surface area contributed by atoms with E-state index in [0.717, 1.165) is 31.5 Å². The van der Waals surface area contributed by atoms with Crippen LogP contribution in [0.3, 0.4) is 0 Å². The van der Waals surface area contributed by atoms with E-state index in [-0.39, 0.29) is 30.3 Å². The third-order valence-corrected chi connectivity index (χ3v) is 5.20. The number of fused-ring (bicyclic) bond motifs is 3.